The van der Waals surface area contributed by atoms with E-state index in [0.29, 0.717) is 15.7 Å². The summed E-state index contributed by atoms with van der Waals surface area (Å²) in [5, 5.41) is 0.972. The van der Waals surface area contributed by atoms with E-state index in [9.17, 15) is 0 Å². The van der Waals surface area contributed by atoms with E-state index in [1.807, 2.05) is 0 Å². The molecule has 0 amide bonds. The molecule has 1 heterocycles. The van der Waals surface area contributed by atoms with Crippen LogP contribution in [-0.4, -0.2) is 9.66 Å². The SMILES string of the molecule is Nc1nc(-c2ccc(Cl)c(Cl)c2)cn1N. The number of halogens is 2. The standard InChI is InChI=1S/C9H8Cl2N4/c10-6-2-1-5(3-7(6)11)8-4-15(13)9(12)14-8/h1-4H,13H2,(H2,12,14). The molecule has 2 aromatic rings. The van der Waals surface area contributed by atoms with Gasteiger partial charge < -0.3 is 11.6 Å². The van der Waals surface area contributed by atoms with E-state index < -0.39 is 0 Å². The summed E-state index contributed by atoms with van der Waals surface area (Å²) in [7, 11) is 0. The second kappa shape index (κ2) is 3.64. The van der Waals surface area contributed by atoms with Gasteiger partial charge in [-0.3, -0.25) is 0 Å². The Morgan fingerprint density at radius 2 is 1.93 bits per heavy atom. The minimum atomic E-state index is 0.246. The zero-order chi connectivity index (χ0) is 11.0. The first-order valence-electron chi connectivity index (χ1n) is 4.13. The number of rotatable bonds is 1. The minimum absolute atomic E-state index is 0.246. The van der Waals surface area contributed by atoms with Crippen LogP contribution in [-0.2, 0) is 0 Å². The maximum atomic E-state index is 5.88. The maximum absolute atomic E-state index is 5.88. The zero-order valence-corrected chi connectivity index (χ0v) is 9.13. The Morgan fingerprint density at radius 3 is 2.47 bits per heavy atom. The van der Waals surface area contributed by atoms with E-state index in [-0.39, 0.29) is 5.95 Å². The Labute approximate surface area is 96.4 Å². The first-order valence-corrected chi connectivity index (χ1v) is 4.89. The molecule has 0 saturated heterocycles. The van der Waals surface area contributed by atoms with Gasteiger partial charge in [-0.1, -0.05) is 29.3 Å². The van der Waals surface area contributed by atoms with Crippen molar-refractivity contribution in [3.8, 4) is 11.3 Å². The Kier molecular flexibility index (Phi) is 2.46. The molecule has 0 spiro atoms. The monoisotopic (exact) mass is 242 g/mol. The highest BCUT2D eigenvalue weighted by Crippen LogP contribution is 2.27. The van der Waals surface area contributed by atoms with Crippen LogP contribution in [0.3, 0.4) is 0 Å². The number of hydrogen-bond donors (Lipinski definition) is 2. The van der Waals surface area contributed by atoms with Gasteiger partial charge in [0.1, 0.15) is 0 Å². The Balaban J connectivity index is 2.49. The molecule has 0 fully saturated rings. The predicted octanol–water partition coefficient (Wildman–Crippen LogP) is 2.15. The summed E-state index contributed by atoms with van der Waals surface area (Å²) in [5.41, 5.74) is 6.99. The van der Waals surface area contributed by atoms with E-state index in [2.05, 4.69) is 4.98 Å². The number of imidazole rings is 1. The van der Waals surface area contributed by atoms with E-state index >= 15 is 0 Å². The fraction of sp³-hybridized carbons (Fsp3) is 0. The fourth-order valence-corrected chi connectivity index (χ4v) is 1.50. The zero-order valence-electron chi connectivity index (χ0n) is 7.61. The molecule has 1 aromatic heterocycles. The Bertz CT molecular complexity index is 487. The molecule has 0 aliphatic heterocycles. The molecule has 4 N–H and O–H groups in total. The normalized spacial score (nSPS) is 10.5. The highest BCUT2D eigenvalue weighted by Gasteiger charge is 2.06. The lowest BCUT2D eigenvalue weighted by atomic mass is 10.2. The van der Waals surface area contributed by atoms with Gasteiger partial charge in [-0.25, -0.2) is 9.66 Å². The van der Waals surface area contributed by atoms with Gasteiger partial charge in [0.2, 0.25) is 5.95 Å². The number of hydrogen-bond acceptors (Lipinski definition) is 3. The van der Waals surface area contributed by atoms with Crippen molar-refractivity contribution >= 4 is 29.2 Å². The summed E-state index contributed by atoms with van der Waals surface area (Å²) in [5.74, 6) is 5.76. The minimum Gasteiger partial charge on any atom is -0.368 e. The van der Waals surface area contributed by atoms with Crippen LogP contribution in [0.25, 0.3) is 11.3 Å². The molecule has 0 radical (unpaired) electrons. The van der Waals surface area contributed by atoms with Crippen molar-refractivity contribution in [3.63, 3.8) is 0 Å². The molecule has 2 rings (SSSR count). The molecule has 0 aliphatic carbocycles. The van der Waals surface area contributed by atoms with Gasteiger partial charge in [-0.15, -0.1) is 0 Å². The lowest BCUT2D eigenvalue weighted by Crippen LogP contribution is -2.09. The first-order chi connectivity index (χ1) is 7.08. The maximum Gasteiger partial charge on any atom is 0.219 e. The fourth-order valence-electron chi connectivity index (χ4n) is 1.20. The van der Waals surface area contributed by atoms with Crippen molar-refractivity contribution in [2.24, 2.45) is 0 Å². The van der Waals surface area contributed by atoms with Crippen molar-refractivity contribution in [1.82, 2.24) is 9.66 Å². The summed E-state index contributed by atoms with van der Waals surface area (Å²) in [6.07, 6.45) is 1.62. The molecule has 0 saturated carbocycles. The van der Waals surface area contributed by atoms with Crippen molar-refractivity contribution in [2.75, 3.05) is 11.6 Å². The van der Waals surface area contributed by atoms with Crippen LogP contribution in [0.15, 0.2) is 24.4 Å². The van der Waals surface area contributed by atoms with Gasteiger partial charge in [0.25, 0.3) is 0 Å². The highest BCUT2D eigenvalue weighted by atomic mass is 35.5. The van der Waals surface area contributed by atoms with Gasteiger partial charge in [0, 0.05) is 5.56 Å². The lowest BCUT2D eigenvalue weighted by molar-refractivity contribution is 1.02. The summed E-state index contributed by atoms with van der Waals surface area (Å²) in [6, 6.07) is 5.21. The van der Waals surface area contributed by atoms with Crippen molar-refractivity contribution in [1.29, 1.82) is 0 Å². The topological polar surface area (TPSA) is 69.9 Å². The van der Waals surface area contributed by atoms with Crippen LogP contribution in [0.2, 0.25) is 10.0 Å². The summed E-state index contributed by atoms with van der Waals surface area (Å²) < 4.78 is 1.25. The Morgan fingerprint density at radius 1 is 1.20 bits per heavy atom. The summed E-state index contributed by atoms with van der Waals surface area (Å²) >= 11 is 11.7. The average molecular weight is 243 g/mol. The molecule has 0 atom stereocenters. The van der Waals surface area contributed by atoms with Crippen LogP contribution in [0.1, 0.15) is 0 Å². The molecule has 6 heteroatoms. The summed E-state index contributed by atoms with van der Waals surface area (Å²) in [4.78, 5) is 4.07. The van der Waals surface area contributed by atoms with E-state index in [1.165, 1.54) is 4.68 Å². The van der Waals surface area contributed by atoms with E-state index in [4.69, 9.17) is 34.8 Å². The predicted molar refractivity (Wildman–Crippen MR) is 62.2 cm³/mol. The van der Waals surface area contributed by atoms with Gasteiger partial charge >= 0.3 is 0 Å². The van der Waals surface area contributed by atoms with Crippen LogP contribution >= 0.6 is 23.2 Å². The molecule has 0 aliphatic rings. The Hall–Kier alpha value is -1.39. The highest BCUT2D eigenvalue weighted by molar-refractivity contribution is 6.42. The van der Waals surface area contributed by atoms with Gasteiger partial charge in [0.05, 0.1) is 21.9 Å². The summed E-state index contributed by atoms with van der Waals surface area (Å²) in [6.45, 7) is 0. The first kappa shape index (κ1) is 10.1. The van der Waals surface area contributed by atoms with Gasteiger partial charge in [0.15, 0.2) is 0 Å². The molecular weight excluding hydrogens is 235 g/mol. The third-order valence-corrected chi connectivity index (χ3v) is 2.72. The van der Waals surface area contributed by atoms with Crippen LogP contribution in [0, 0.1) is 0 Å². The third-order valence-electron chi connectivity index (χ3n) is 1.98. The number of anilines is 1. The molecule has 0 bridgehead atoms. The largest absolute Gasteiger partial charge is 0.368 e. The molecule has 4 nitrogen and oxygen atoms in total. The number of nitrogens with zero attached hydrogens (tertiary/aromatic N) is 2. The second-order valence-corrected chi connectivity index (χ2v) is 3.83. The smallest absolute Gasteiger partial charge is 0.219 e. The number of benzene rings is 1. The molecule has 1 aromatic carbocycles. The van der Waals surface area contributed by atoms with Crippen LogP contribution in [0.5, 0.6) is 0 Å². The number of aromatic nitrogens is 2. The third kappa shape index (κ3) is 1.86. The molecule has 0 unspecified atom stereocenters. The number of nitrogen functional groups attached to an aromatic ring is 2. The van der Waals surface area contributed by atoms with E-state index in [0.717, 1.165) is 5.56 Å². The van der Waals surface area contributed by atoms with Crippen molar-refractivity contribution < 1.29 is 0 Å². The molecule has 78 valence electrons. The lowest BCUT2D eigenvalue weighted by Gasteiger charge is -1.98. The van der Waals surface area contributed by atoms with Gasteiger partial charge in [-0.2, -0.15) is 0 Å². The van der Waals surface area contributed by atoms with Crippen LogP contribution < -0.4 is 11.6 Å². The van der Waals surface area contributed by atoms with Gasteiger partial charge in [-0.05, 0) is 12.1 Å². The quantitative estimate of drug-likeness (QED) is 0.754. The average Bonchev–Trinajstić information content (AvgIpc) is 2.52. The van der Waals surface area contributed by atoms with Crippen molar-refractivity contribution in [2.45, 2.75) is 0 Å². The van der Waals surface area contributed by atoms with Crippen molar-refractivity contribution in [3.05, 3.63) is 34.4 Å². The molecular formula is C9H8Cl2N4. The second-order valence-electron chi connectivity index (χ2n) is 3.02. The van der Waals surface area contributed by atoms with E-state index in [1.54, 1.807) is 24.4 Å². The number of nitrogens with two attached hydrogens (primary N) is 2. The molecule has 15 heavy (non-hydrogen) atoms. The van der Waals surface area contributed by atoms with Crippen LogP contribution in [0.4, 0.5) is 5.95 Å².